The first-order valence-corrected chi connectivity index (χ1v) is 7.30. The maximum Gasteiger partial charge on any atom is 0.411 e. The fraction of sp³-hybridized carbons (Fsp3) is 0.562. The molecule has 6 heteroatoms. The summed E-state index contributed by atoms with van der Waals surface area (Å²) in [6, 6.07) is 0.619. The van der Waals surface area contributed by atoms with Crippen LogP contribution in [0.5, 0.6) is 0 Å². The monoisotopic (exact) mass is 308 g/mol. The Morgan fingerprint density at radius 1 is 1.41 bits per heavy atom. The van der Waals surface area contributed by atoms with Crippen molar-refractivity contribution in [1.29, 1.82) is 0 Å². The topological polar surface area (TPSA) is 79.7 Å². The molecule has 122 valence electrons. The van der Waals surface area contributed by atoms with E-state index < -0.39 is 23.7 Å². The van der Waals surface area contributed by atoms with E-state index in [0.717, 1.165) is 5.56 Å². The molecule has 1 heterocycles. The molecule has 0 bridgehead atoms. The molecule has 1 N–H and O–H groups in total. The fourth-order valence-electron chi connectivity index (χ4n) is 2.08. The minimum absolute atomic E-state index is 0.292. The van der Waals surface area contributed by atoms with Gasteiger partial charge in [-0.25, -0.2) is 9.59 Å². The van der Waals surface area contributed by atoms with Crippen LogP contribution < -0.4 is 0 Å². The number of hydrogen-bond acceptors (Lipinski definition) is 4. The number of ether oxygens (including phenoxy) is 1. The smallest absolute Gasteiger partial charge is 0.411 e. The summed E-state index contributed by atoms with van der Waals surface area (Å²) in [4.78, 5) is 29.4. The summed E-state index contributed by atoms with van der Waals surface area (Å²) in [5, 5.41) is 9.62. The number of nitrogens with zero attached hydrogens (tertiary/aromatic N) is 2. The second kappa shape index (κ2) is 7.24. The van der Waals surface area contributed by atoms with Crippen LogP contribution in [0.25, 0.3) is 0 Å². The van der Waals surface area contributed by atoms with E-state index in [0.29, 0.717) is 18.5 Å². The Morgan fingerprint density at radius 3 is 2.50 bits per heavy atom. The molecule has 0 aliphatic carbocycles. The van der Waals surface area contributed by atoms with E-state index in [-0.39, 0.29) is 0 Å². The van der Waals surface area contributed by atoms with Crippen LogP contribution >= 0.6 is 0 Å². The molecule has 1 unspecified atom stereocenters. The van der Waals surface area contributed by atoms with Crippen molar-refractivity contribution in [3.8, 4) is 0 Å². The van der Waals surface area contributed by atoms with Gasteiger partial charge in [0, 0.05) is 24.5 Å². The van der Waals surface area contributed by atoms with E-state index in [4.69, 9.17) is 4.74 Å². The molecule has 0 radical (unpaired) electrons. The quantitative estimate of drug-likeness (QED) is 0.903. The number of pyridine rings is 1. The summed E-state index contributed by atoms with van der Waals surface area (Å²) in [7, 11) is 0. The minimum Gasteiger partial charge on any atom is -0.479 e. The molecule has 6 nitrogen and oxygen atoms in total. The molecule has 0 saturated heterocycles. The first-order valence-electron chi connectivity index (χ1n) is 7.30. The lowest BCUT2D eigenvalue weighted by atomic mass is 10.0. The van der Waals surface area contributed by atoms with Crippen LogP contribution in [0.3, 0.4) is 0 Å². The van der Waals surface area contributed by atoms with Gasteiger partial charge < -0.3 is 9.84 Å². The van der Waals surface area contributed by atoms with E-state index in [1.807, 2.05) is 6.92 Å². The largest absolute Gasteiger partial charge is 0.479 e. The van der Waals surface area contributed by atoms with E-state index in [2.05, 4.69) is 4.98 Å². The summed E-state index contributed by atoms with van der Waals surface area (Å²) in [5.41, 5.74) is 0.581. The molecule has 0 saturated carbocycles. The van der Waals surface area contributed by atoms with Gasteiger partial charge in [0.05, 0.1) is 0 Å². The molecule has 0 aliphatic heterocycles. The van der Waals surface area contributed by atoms with Crippen molar-refractivity contribution in [3.05, 3.63) is 29.6 Å². The fourth-order valence-corrected chi connectivity index (χ4v) is 2.08. The van der Waals surface area contributed by atoms with Crippen LogP contribution in [0, 0.1) is 6.92 Å². The van der Waals surface area contributed by atoms with Gasteiger partial charge in [0.1, 0.15) is 5.60 Å². The predicted octanol–water partition coefficient (Wildman–Crippen LogP) is 3.16. The third-order valence-corrected chi connectivity index (χ3v) is 3.01. The molecular formula is C16H24N2O4. The SMILES string of the molecule is CCCN(C(=O)OC(C)(C)C)C(C(=O)O)c1cnccc1C. The Balaban J connectivity index is 3.21. The molecule has 1 atom stereocenters. The van der Waals surface area contributed by atoms with E-state index in [1.54, 1.807) is 40.0 Å². The Morgan fingerprint density at radius 2 is 2.05 bits per heavy atom. The number of carbonyl (C=O) groups excluding carboxylic acids is 1. The highest BCUT2D eigenvalue weighted by Gasteiger charge is 2.34. The van der Waals surface area contributed by atoms with Gasteiger partial charge in [-0.2, -0.15) is 0 Å². The average Bonchev–Trinajstić information content (AvgIpc) is 2.37. The number of aromatic nitrogens is 1. The summed E-state index contributed by atoms with van der Waals surface area (Å²) < 4.78 is 5.35. The molecule has 0 aliphatic rings. The number of hydrogen-bond donors (Lipinski definition) is 1. The van der Waals surface area contributed by atoms with Crippen molar-refractivity contribution in [3.63, 3.8) is 0 Å². The zero-order chi connectivity index (χ0) is 16.9. The van der Waals surface area contributed by atoms with E-state index in [1.165, 1.54) is 11.1 Å². The summed E-state index contributed by atoms with van der Waals surface area (Å²) in [5.74, 6) is -1.10. The van der Waals surface area contributed by atoms with Crippen molar-refractivity contribution in [1.82, 2.24) is 9.88 Å². The summed E-state index contributed by atoms with van der Waals surface area (Å²) in [6.07, 6.45) is 3.07. The molecule has 0 aromatic carbocycles. The summed E-state index contributed by atoms with van der Waals surface area (Å²) in [6.45, 7) is 9.22. The molecule has 0 fully saturated rings. The van der Waals surface area contributed by atoms with Gasteiger partial charge in [0.25, 0.3) is 0 Å². The molecular weight excluding hydrogens is 284 g/mol. The van der Waals surface area contributed by atoms with Crippen molar-refractivity contribution in [2.75, 3.05) is 6.54 Å². The highest BCUT2D eigenvalue weighted by Crippen LogP contribution is 2.26. The zero-order valence-electron chi connectivity index (χ0n) is 13.8. The van der Waals surface area contributed by atoms with Crippen LogP contribution in [0.4, 0.5) is 4.79 Å². The Bertz CT molecular complexity index is 537. The maximum atomic E-state index is 12.4. The highest BCUT2D eigenvalue weighted by atomic mass is 16.6. The number of aliphatic carboxylic acids is 1. The van der Waals surface area contributed by atoms with Gasteiger partial charge in [-0.15, -0.1) is 0 Å². The molecule has 1 amide bonds. The first-order chi connectivity index (χ1) is 10.2. The second-order valence-electron chi connectivity index (χ2n) is 6.15. The van der Waals surface area contributed by atoms with Crippen molar-refractivity contribution in [2.24, 2.45) is 0 Å². The lowest BCUT2D eigenvalue weighted by molar-refractivity contribution is -0.143. The number of carboxylic acids is 1. The van der Waals surface area contributed by atoms with Crippen molar-refractivity contribution >= 4 is 12.1 Å². The number of carboxylic acid groups (broad SMARTS) is 1. The van der Waals surface area contributed by atoms with Gasteiger partial charge in [0.2, 0.25) is 0 Å². The van der Waals surface area contributed by atoms with Crippen molar-refractivity contribution < 1.29 is 19.4 Å². The maximum absolute atomic E-state index is 12.4. The van der Waals surface area contributed by atoms with Gasteiger partial charge in [-0.3, -0.25) is 9.88 Å². The third kappa shape index (κ3) is 4.72. The number of rotatable bonds is 5. The molecule has 1 aromatic rings. The summed E-state index contributed by atoms with van der Waals surface area (Å²) >= 11 is 0. The first kappa shape index (κ1) is 17.9. The third-order valence-electron chi connectivity index (χ3n) is 3.01. The number of carbonyl (C=O) groups is 2. The zero-order valence-corrected chi connectivity index (χ0v) is 13.8. The Labute approximate surface area is 131 Å². The van der Waals surface area contributed by atoms with Crippen LogP contribution in [-0.4, -0.2) is 39.2 Å². The van der Waals surface area contributed by atoms with Crippen molar-refractivity contribution in [2.45, 2.75) is 52.7 Å². The molecule has 0 spiro atoms. The lowest BCUT2D eigenvalue weighted by Gasteiger charge is -2.31. The van der Waals surface area contributed by atoms with E-state index in [9.17, 15) is 14.7 Å². The molecule has 1 aromatic heterocycles. The lowest BCUT2D eigenvalue weighted by Crippen LogP contribution is -2.42. The van der Waals surface area contributed by atoms with Crippen LogP contribution in [0.15, 0.2) is 18.5 Å². The van der Waals surface area contributed by atoms with E-state index >= 15 is 0 Å². The average molecular weight is 308 g/mol. The van der Waals surface area contributed by atoms with Crippen LogP contribution in [0.1, 0.15) is 51.3 Å². The standard InChI is InChI=1S/C16H24N2O4/c1-6-9-18(15(21)22-16(3,4)5)13(14(19)20)12-10-17-8-7-11(12)2/h7-8,10,13H,6,9H2,1-5H3,(H,19,20). The number of amides is 1. The Hall–Kier alpha value is -2.11. The van der Waals surface area contributed by atoms with Gasteiger partial charge in [-0.05, 0) is 45.7 Å². The van der Waals surface area contributed by atoms with Crippen LogP contribution in [0.2, 0.25) is 0 Å². The number of aryl methyl sites for hydroxylation is 1. The second-order valence-corrected chi connectivity index (χ2v) is 6.15. The van der Waals surface area contributed by atoms with Crippen LogP contribution in [-0.2, 0) is 9.53 Å². The normalized spacial score (nSPS) is 12.6. The highest BCUT2D eigenvalue weighted by molar-refractivity contribution is 5.82. The van der Waals surface area contributed by atoms with Gasteiger partial charge in [-0.1, -0.05) is 6.92 Å². The Kier molecular flexibility index (Phi) is 5.91. The minimum atomic E-state index is -1.11. The molecule has 1 rings (SSSR count). The predicted molar refractivity (Wildman–Crippen MR) is 82.6 cm³/mol. The van der Waals surface area contributed by atoms with Gasteiger partial charge >= 0.3 is 12.1 Å². The van der Waals surface area contributed by atoms with Gasteiger partial charge in [0.15, 0.2) is 6.04 Å². The molecule has 22 heavy (non-hydrogen) atoms.